The van der Waals surface area contributed by atoms with Gasteiger partial charge in [0.1, 0.15) is 0 Å². The summed E-state index contributed by atoms with van der Waals surface area (Å²) in [4.78, 5) is 0. The average Bonchev–Trinajstić information content (AvgIpc) is 2.02. The number of rotatable bonds is 2. The lowest BCUT2D eigenvalue weighted by molar-refractivity contribution is -0.0626. The minimum Gasteiger partial charge on any atom is -0.374 e. The van der Waals surface area contributed by atoms with Gasteiger partial charge in [-0.05, 0) is 31.1 Å². The summed E-state index contributed by atoms with van der Waals surface area (Å²) in [5, 5.41) is 8.61. The first kappa shape index (κ1) is 11.5. The van der Waals surface area contributed by atoms with E-state index in [0.29, 0.717) is 17.9 Å². The number of ether oxygens (including phenoxy) is 1. The van der Waals surface area contributed by atoms with Crippen molar-refractivity contribution in [1.82, 2.24) is 0 Å². The molecule has 0 N–H and O–H groups in total. The third-order valence-electron chi connectivity index (χ3n) is 2.60. The smallest absolute Gasteiger partial charge is 0.0708 e. The zero-order valence-corrected chi connectivity index (χ0v) is 9.55. The van der Waals surface area contributed by atoms with E-state index < -0.39 is 0 Å². The number of hydrogen-bond acceptors (Lipinski definition) is 2. The Morgan fingerprint density at radius 2 is 1.93 bits per heavy atom. The molecule has 1 rings (SSSR count). The van der Waals surface area contributed by atoms with E-state index >= 15 is 0 Å². The predicted molar refractivity (Wildman–Crippen MR) is 56.8 cm³/mol. The fraction of sp³-hybridized carbons (Fsp3) is 0.917. The van der Waals surface area contributed by atoms with Gasteiger partial charge < -0.3 is 4.74 Å². The summed E-state index contributed by atoms with van der Waals surface area (Å²) in [5.41, 5.74) is 0.333. The topological polar surface area (TPSA) is 33.0 Å². The Morgan fingerprint density at radius 3 is 2.50 bits per heavy atom. The molecule has 0 radical (unpaired) electrons. The Labute approximate surface area is 87.3 Å². The SMILES string of the molecule is CC(C)(C)CC1CCCC(CC#N)O1. The van der Waals surface area contributed by atoms with Crippen molar-refractivity contribution < 1.29 is 4.74 Å². The summed E-state index contributed by atoms with van der Waals surface area (Å²) in [7, 11) is 0. The molecule has 80 valence electrons. The van der Waals surface area contributed by atoms with Gasteiger partial charge in [0.15, 0.2) is 0 Å². The van der Waals surface area contributed by atoms with Crippen LogP contribution in [-0.2, 0) is 4.74 Å². The zero-order valence-electron chi connectivity index (χ0n) is 9.55. The first-order valence-electron chi connectivity index (χ1n) is 5.54. The van der Waals surface area contributed by atoms with Gasteiger partial charge in [0.2, 0.25) is 0 Å². The fourth-order valence-electron chi connectivity index (χ4n) is 2.07. The van der Waals surface area contributed by atoms with Crippen LogP contribution in [0.15, 0.2) is 0 Å². The molecule has 0 bridgehead atoms. The monoisotopic (exact) mass is 195 g/mol. The van der Waals surface area contributed by atoms with Crippen LogP contribution in [0.5, 0.6) is 0 Å². The third-order valence-corrected chi connectivity index (χ3v) is 2.60. The minimum absolute atomic E-state index is 0.195. The molecular weight excluding hydrogens is 174 g/mol. The van der Waals surface area contributed by atoms with E-state index in [4.69, 9.17) is 10.00 Å². The highest BCUT2D eigenvalue weighted by Crippen LogP contribution is 2.30. The van der Waals surface area contributed by atoms with E-state index in [1.807, 2.05) is 0 Å². The molecular formula is C12H21NO. The van der Waals surface area contributed by atoms with Crippen molar-refractivity contribution in [3.63, 3.8) is 0 Å². The number of nitriles is 1. The van der Waals surface area contributed by atoms with Crippen LogP contribution in [0, 0.1) is 16.7 Å². The van der Waals surface area contributed by atoms with Gasteiger partial charge in [-0.1, -0.05) is 20.8 Å². The first-order chi connectivity index (χ1) is 6.51. The van der Waals surface area contributed by atoms with E-state index in [9.17, 15) is 0 Å². The predicted octanol–water partition coefficient (Wildman–Crippen LogP) is 3.27. The van der Waals surface area contributed by atoms with E-state index in [1.165, 1.54) is 12.8 Å². The summed E-state index contributed by atoms with van der Waals surface area (Å²) in [6.45, 7) is 6.72. The van der Waals surface area contributed by atoms with Gasteiger partial charge in [0.25, 0.3) is 0 Å². The van der Waals surface area contributed by atoms with Crippen LogP contribution in [0.3, 0.4) is 0 Å². The molecule has 1 aliphatic rings. The largest absolute Gasteiger partial charge is 0.374 e. The highest BCUT2D eigenvalue weighted by Gasteiger charge is 2.25. The number of nitrogens with zero attached hydrogens (tertiary/aromatic N) is 1. The molecule has 2 atom stereocenters. The van der Waals surface area contributed by atoms with Crippen molar-refractivity contribution in [3.05, 3.63) is 0 Å². The van der Waals surface area contributed by atoms with Crippen LogP contribution in [-0.4, -0.2) is 12.2 Å². The molecule has 2 heteroatoms. The molecule has 1 aliphatic heterocycles. The average molecular weight is 195 g/mol. The van der Waals surface area contributed by atoms with Crippen molar-refractivity contribution in [3.8, 4) is 6.07 Å². The van der Waals surface area contributed by atoms with Crippen LogP contribution >= 0.6 is 0 Å². The minimum atomic E-state index is 0.195. The highest BCUT2D eigenvalue weighted by molar-refractivity contribution is 4.82. The van der Waals surface area contributed by atoms with Crippen molar-refractivity contribution in [1.29, 1.82) is 5.26 Å². The van der Waals surface area contributed by atoms with Crippen LogP contribution in [0.2, 0.25) is 0 Å². The first-order valence-corrected chi connectivity index (χ1v) is 5.54. The maximum Gasteiger partial charge on any atom is 0.0708 e. The molecule has 14 heavy (non-hydrogen) atoms. The number of hydrogen-bond donors (Lipinski definition) is 0. The molecule has 0 aromatic rings. The molecule has 1 heterocycles. The lowest BCUT2D eigenvalue weighted by atomic mass is 9.86. The summed E-state index contributed by atoms with van der Waals surface area (Å²) in [6.07, 6.45) is 5.68. The lowest BCUT2D eigenvalue weighted by Gasteiger charge is -2.33. The van der Waals surface area contributed by atoms with E-state index in [-0.39, 0.29) is 6.10 Å². The highest BCUT2D eigenvalue weighted by atomic mass is 16.5. The Hall–Kier alpha value is -0.550. The Balaban J connectivity index is 2.37. The molecule has 1 fully saturated rings. The molecule has 0 saturated carbocycles. The summed E-state index contributed by atoms with van der Waals surface area (Å²) >= 11 is 0. The third kappa shape index (κ3) is 4.11. The zero-order chi connectivity index (χ0) is 10.6. The summed E-state index contributed by atoms with van der Waals surface area (Å²) in [6, 6.07) is 2.20. The molecule has 0 spiro atoms. The van der Waals surface area contributed by atoms with E-state index in [2.05, 4.69) is 26.8 Å². The molecule has 1 saturated heterocycles. The summed E-state index contributed by atoms with van der Waals surface area (Å²) < 4.78 is 5.88. The molecule has 0 aromatic carbocycles. The maximum absolute atomic E-state index is 8.61. The van der Waals surface area contributed by atoms with Crippen LogP contribution in [0.4, 0.5) is 0 Å². The van der Waals surface area contributed by atoms with Crippen molar-refractivity contribution in [2.24, 2.45) is 5.41 Å². The Kier molecular flexibility index (Phi) is 3.95. The van der Waals surface area contributed by atoms with Crippen LogP contribution in [0.1, 0.15) is 52.9 Å². The van der Waals surface area contributed by atoms with Crippen molar-refractivity contribution in [2.45, 2.75) is 65.1 Å². The normalized spacial score (nSPS) is 28.4. The molecule has 2 unspecified atom stereocenters. The second kappa shape index (κ2) is 4.79. The van der Waals surface area contributed by atoms with Crippen molar-refractivity contribution in [2.75, 3.05) is 0 Å². The summed E-state index contributed by atoms with van der Waals surface area (Å²) in [5.74, 6) is 0. The van der Waals surface area contributed by atoms with Crippen LogP contribution < -0.4 is 0 Å². The Morgan fingerprint density at radius 1 is 1.29 bits per heavy atom. The van der Waals surface area contributed by atoms with Gasteiger partial charge in [0.05, 0.1) is 24.7 Å². The van der Waals surface area contributed by atoms with E-state index in [0.717, 1.165) is 12.8 Å². The van der Waals surface area contributed by atoms with Gasteiger partial charge in [0, 0.05) is 0 Å². The van der Waals surface area contributed by atoms with Gasteiger partial charge in [-0.25, -0.2) is 0 Å². The van der Waals surface area contributed by atoms with Gasteiger partial charge in [-0.15, -0.1) is 0 Å². The van der Waals surface area contributed by atoms with Gasteiger partial charge >= 0.3 is 0 Å². The lowest BCUT2D eigenvalue weighted by Crippen LogP contribution is -2.30. The van der Waals surface area contributed by atoms with Crippen molar-refractivity contribution >= 4 is 0 Å². The fourth-order valence-corrected chi connectivity index (χ4v) is 2.07. The molecule has 0 aromatic heterocycles. The molecule has 0 amide bonds. The van der Waals surface area contributed by atoms with Gasteiger partial charge in [-0.2, -0.15) is 5.26 Å². The van der Waals surface area contributed by atoms with E-state index in [1.54, 1.807) is 0 Å². The standard InChI is InChI=1S/C12H21NO/c1-12(2,3)9-11-6-4-5-10(14-11)7-8-13/h10-11H,4-7,9H2,1-3H3. The maximum atomic E-state index is 8.61. The quantitative estimate of drug-likeness (QED) is 0.677. The molecule has 2 nitrogen and oxygen atoms in total. The second-order valence-corrected chi connectivity index (χ2v) is 5.44. The molecule has 0 aliphatic carbocycles. The second-order valence-electron chi connectivity index (χ2n) is 5.44. The van der Waals surface area contributed by atoms with Crippen LogP contribution in [0.25, 0.3) is 0 Å². The Bertz CT molecular complexity index is 211. The van der Waals surface area contributed by atoms with Gasteiger partial charge in [-0.3, -0.25) is 0 Å².